The van der Waals surface area contributed by atoms with E-state index in [9.17, 15) is 0 Å². The minimum absolute atomic E-state index is 1.30. The van der Waals surface area contributed by atoms with E-state index < -0.39 is 0 Å². The fraction of sp³-hybridized carbons (Fsp3) is 0. The van der Waals surface area contributed by atoms with Gasteiger partial charge in [-0.25, -0.2) is 0 Å². The second-order valence-corrected chi connectivity index (χ2v) is 16.7. The van der Waals surface area contributed by atoms with Gasteiger partial charge in [-0.1, -0.05) is 212 Å². The average molecular weight is 783 g/mol. The van der Waals surface area contributed by atoms with Gasteiger partial charge in [0.25, 0.3) is 0 Å². The topological polar surface area (TPSA) is 0 Å². The molecule has 15 rings (SSSR count). The smallest absolute Gasteiger partial charge is 0.00204 e. The first-order valence-electron chi connectivity index (χ1n) is 21.6. The maximum atomic E-state index is 2.33. The molecule has 0 N–H and O–H groups in total. The lowest BCUT2D eigenvalue weighted by atomic mass is 9.90. The molecule has 0 atom stereocenters. The Bertz CT molecular complexity index is 3930. The minimum Gasteiger partial charge on any atom is -0.0616 e. The second-order valence-electron chi connectivity index (χ2n) is 16.7. The first kappa shape index (κ1) is 34.8. The molecule has 0 aromatic heterocycles. The van der Waals surface area contributed by atoms with Gasteiger partial charge in [-0.3, -0.25) is 0 Å². The molecule has 0 bridgehead atoms. The summed E-state index contributed by atoms with van der Waals surface area (Å²) in [5, 5.41) is 32.2. The summed E-state index contributed by atoms with van der Waals surface area (Å²) in [6, 6.07) is 83.8. The highest BCUT2D eigenvalue weighted by Gasteiger charge is 2.13. The Morgan fingerprint density at radius 3 is 0.919 bits per heavy atom. The van der Waals surface area contributed by atoms with Crippen molar-refractivity contribution in [3.8, 4) is 0 Å². The Morgan fingerprint density at radius 2 is 0.419 bits per heavy atom. The summed E-state index contributed by atoms with van der Waals surface area (Å²) in [7, 11) is 0. The zero-order valence-electron chi connectivity index (χ0n) is 33.9. The van der Waals surface area contributed by atoms with E-state index in [2.05, 4.69) is 231 Å². The maximum absolute atomic E-state index is 2.33. The molecule has 15 aromatic carbocycles. The zero-order valence-corrected chi connectivity index (χ0v) is 33.9. The summed E-state index contributed by atoms with van der Waals surface area (Å²) in [4.78, 5) is 0. The average Bonchev–Trinajstić information content (AvgIpc) is 3.34. The lowest BCUT2D eigenvalue weighted by Gasteiger charge is -2.13. The summed E-state index contributed by atoms with van der Waals surface area (Å²) in [5.41, 5.74) is 0. The van der Waals surface area contributed by atoms with Gasteiger partial charge in [0.15, 0.2) is 0 Å². The molecule has 0 aliphatic heterocycles. The molecule has 0 nitrogen and oxygen atoms in total. The van der Waals surface area contributed by atoms with E-state index in [0.29, 0.717) is 0 Å². The van der Waals surface area contributed by atoms with Crippen LogP contribution in [0.2, 0.25) is 0 Å². The van der Waals surface area contributed by atoms with Gasteiger partial charge >= 0.3 is 0 Å². The van der Waals surface area contributed by atoms with Crippen LogP contribution in [-0.2, 0) is 0 Å². The van der Waals surface area contributed by atoms with Crippen LogP contribution in [0, 0.1) is 0 Å². The maximum Gasteiger partial charge on any atom is -0.00204 e. The Kier molecular flexibility index (Phi) is 7.71. The molecule has 0 fully saturated rings. The molecule has 0 aliphatic rings. The van der Waals surface area contributed by atoms with E-state index in [0.717, 1.165) is 0 Å². The van der Waals surface area contributed by atoms with E-state index in [1.807, 2.05) is 0 Å². The van der Waals surface area contributed by atoms with Gasteiger partial charge in [-0.2, -0.15) is 0 Å². The van der Waals surface area contributed by atoms with Crippen molar-refractivity contribution in [1.82, 2.24) is 0 Å². The Labute approximate surface area is 358 Å². The van der Waals surface area contributed by atoms with E-state index in [-0.39, 0.29) is 0 Å². The van der Waals surface area contributed by atoms with Gasteiger partial charge in [0.1, 0.15) is 0 Å². The molecule has 0 heterocycles. The van der Waals surface area contributed by atoms with Crippen LogP contribution in [0.15, 0.2) is 231 Å². The first-order valence-corrected chi connectivity index (χ1v) is 21.6. The molecule has 0 amide bonds. The van der Waals surface area contributed by atoms with Crippen LogP contribution in [0.25, 0.3) is 129 Å². The van der Waals surface area contributed by atoms with E-state index >= 15 is 0 Å². The van der Waals surface area contributed by atoms with Crippen LogP contribution in [0.1, 0.15) is 0 Å². The highest BCUT2D eigenvalue weighted by atomic mass is 14.2. The molecular formula is C62H38. The van der Waals surface area contributed by atoms with Crippen LogP contribution >= 0.6 is 0 Å². The third-order valence-electron chi connectivity index (χ3n) is 13.4. The summed E-state index contributed by atoms with van der Waals surface area (Å²) in [5.74, 6) is 0. The number of hydrogen-bond acceptors (Lipinski definition) is 0. The highest BCUT2D eigenvalue weighted by molar-refractivity contribution is 6.33. The third kappa shape index (κ3) is 5.34. The van der Waals surface area contributed by atoms with Crippen LogP contribution in [0.4, 0.5) is 0 Å². The molecule has 286 valence electrons. The van der Waals surface area contributed by atoms with Crippen LogP contribution in [0.3, 0.4) is 0 Å². The van der Waals surface area contributed by atoms with Gasteiger partial charge in [-0.05, 0) is 147 Å². The van der Waals surface area contributed by atoms with Gasteiger partial charge in [0, 0.05) is 0 Å². The van der Waals surface area contributed by atoms with Crippen molar-refractivity contribution in [1.29, 1.82) is 0 Å². The van der Waals surface area contributed by atoms with Crippen LogP contribution in [-0.4, -0.2) is 0 Å². The number of hydrogen-bond donors (Lipinski definition) is 0. The van der Waals surface area contributed by atoms with Crippen molar-refractivity contribution in [2.75, 3.05) is 0 Å². The Balaban J connectivity index is 0.0000000948. The SMILES string of the molecule is c1cc2cccc3c4cccc5cccc(c(c1)c23)c54.c1ccc2c(c1)cc1ccc3cccc4ccc2c1c34.c1ccc2c(c1)ccc1cc3c(ccc4ccccc43)cc12. The van der Waals surface area contributed by atoms with Crippen molar-refractivity contribution in [2.45, 2.75) is 0 Å². The van der Waals surface area contributed by atoms with E-state index in [1.54, 1.807) is 0 Å². The summed E-state index contributed by atoms with van der Waals surface area (Å²) in [6.45, 7) is 0. The number of fused-ring (bicyclic) bond motifs is 10. The largest absolute Gasteiger partial charge is 0.0616 e. The van der Waals surface area contributed by atoms with Crippen molar-refractivity contribution in [3.63, 3.8) is 0 Å². The van der Waals surface area contributed by atoms with E-state index in [1.165, 1.54) is 129 Å². The lowest BCUT2D eigenvalue weighted by molar-refractivity contribution is 1.78. The molecule has 0 saturated heterocycles. The fourth-order valence-corrected chi connectivity index (χ4v) is 10.6. The van der Waals surface area contributed by atoms with Crippen molar-refractivity contribution in [3.05, 3.63) is 231 Å². The molecule has 0 aliphatic carbocycles. The lowest BCUT2D eigenvalue weighted by Crippen LogP contribution is -1.85. The van der Waals surface area contributed by atoms with Crippen molar-refractivity contribution < 1.29 is 0 Å². The van der Waals surface area contributed by atoms with Crippen LogP contribution < -0.4 is 0 Å². The predicted molar refractivity (Wildman–Crippen MR) is 272 cm³/mol. The molecule has 0 unspecified atom stereocenters. The first-order chi connectivity index (χ1) is 30.7. The van der Waals surface area contributed by atoms with E-state index in [4.69, 9.17) is 0 Å². The summed E-state index contributed by atoms with van der Waals surface area (Å²) in [6.07, 6.45) is 0. The molecule has 62 heavy (non-hydrogen) atoms. The molecule has 15 aromatic rings. The van der Waals surface area contributed by atoms with Gasteiger partial charge < -0.3 is 0 Å². The molecule has 0 radical (unpaired) electrons. The number of rotatable bonds is 0. The zero-order chi connectivity index (χ0) is 40.7. The molecule has 0 heteroatoms. The fourth-order valence-electron chi connectivity index (χ4n) is 10.6. The normalized spacial score (nSPS) is 11.9. The molecule has 0 spiro atoms. The summed E-state index contributed by atoms with van der Waals surface area (Å²) >= 11 is 0. The highest BCUT2D eigenvalue weighted by Crippen LogP contribution is 2.41. The minimum atomic E-state index is 1.30. The molecular weight excluding hydrogens is 745 g/mol. The quantitative estimate of drug-likeness (QED) is 0.106. The Morgan fingerprint density at radius 1 is 0.129 bits per heavy atom. The number of benzene rings is 15. The molecule has 0 saturated carbocycles. The van der Waals surface area contributed by atoms with Gasteiger partial charge in [0.2, 0.25) is 0 Å². The Hall–Kier alpha value is -8.06. The van der Waals surface area contributed by atoms with Crippen LogP contribution in [0.5, 0.6) is 0 Å². The predicted octanol–water partition coefficient (Wildman–Crippen LogP) is 17.8. The standard InChI is InChI=1S/C22H14.2C20H12/c1-3-7-19-15(5-1)9-11-17-14-22-18(13-21(17)19)12-10-16-6-2-4-8-20(16)22;1-5-13-6-2-11-17-18-12-4-8-14-7-3-10-16(20(14)18)15(9-1)19(13)17;1-2-7-17-15(4-1)12-16-9-8-13-5-3-6-14-10-11-18(17)20(16)19(13)14/h1-14H;2*1-12H. The monoisotopic (exact) mass is 782 g/mol. The van der Waals surface area contributed by atoms with Gasteiger partial charge in [0.05, 0.1) is 0 Å². The van der Waals surface area contributed by atoms with Crippen molar-refractivity contribution in [2.24, 2.45) is 0 Å². The second kappa shape index (κ2) is 13.7. The van der Waals surface area contributed by atoms with Gasteiger partial charge in [-0.15, -0.1) is 0 Å². The summed E-state index contributed by atoms with van der Waals surface area (Å²) < 4.78 is 0. The van der Waals surface area contributed by atoms with Crippen molar-refractivity contribution >= 4 is 129 Å². The third-order valence-corrected chi connectivity index (χ3v) is 13.4.